The summed E-state index contributed by atoms with van der Waals surface area (Å²) in [5.41, 5.74) is -0.935. The molecule has 34 heavy (non-hydrogen) atoms. The predicted octanol–water partition coefficient (Wildman–Crippen LogP) is 4.90. The summed E-state index contributed by atoms with van der Waals surface area (Å²) in [6.45, 7) is 13.5. The molecule has 1 N–H and O–H groups in total. The Labute approximate surface area is 208 Å². The molecule has 2 fully saturated rings. The Morgan fingerprint density at radius 2 is 1.06 bits per heavy atom. The Morgan fingerprint density at radius 3 is 1.32 bits per heavy atom. The van der Waals surface area contributed by atoms with Crippen LogP contribution < -0.4 is 0 Å². The maximum atomic E-state index is 11.8. The van der Waals surface area contributed by atoms with Crippen LogP contribution in [0.2, 0.25) is 0 Å². The first kappa shape index (κ1) is 30.0. The highest BCUT2D eigenvalue weighted by Gasteiger charge is 2.28. The van der Waals surface area contributed by atoms with E-state index in [4.69, 9.17) is 26.2 Å². The van der Waals surface area contributed by atoms with Crippen LogP contribution in [0, 0.1) is 11.8 Å². The van der Waals surface area contributed by atoms with Gasteiger partial charge in [0.2, 0.25) is 5.24 Å². The average molecular weight is 505 g/mol. The molecule has 2 heterocycles. The molecule has 2 amide bonds. The molecule has 0 aromatic carbocycles. The summed E-state index contributed by atoms with van der Waals surface area (Å²) < 4.78 is 10.6. The van der Waals surface area contributed by atoms with Crippen molar-refractivity contribution < 1.29 is 33.8 Å². The van der Waals surface area contributed by atoms with Gasteiger partial charge in [0.05, 0.1) is 0 Å². The fraction of sp³-hybridized carbons (Fsp3) is 0.833. The maximum Gasteiger partial charge on any atom is 0.410 e. The van der Waals surface area contributed by atoms with Gasteiger partial charge in [0.1, 0.15) is 11.2 Å². The fourth-order valence-corrected chi connectivity index (χ4v) is 3.98. The van der Waals surface area contributed by atoms with Crippen LogP contribution in [0.5, 0.6) is 0 Å². The summed E-state index contributed by atoms with van der Waals surface area (Å²) in [5, 5.41) is 8.40. The highest BCUT2D eigenvalue weighted by molar-refractivity contribution is 6.63. The number of likely N-dealkylation sites (tertiary alicyclic amines) is 2. The molecule has 2 aliphatic heterocycles. The molecule has 196 valence electrons. The van der Waals surface area contributed by atoms with Crippen LogP contribution in [-0.2, 0) is 19.1 Å². The lowest BCUT2D eigenvalue weighted by atomic mass is 9.94. The number of hydrogen-bond acceptors (Lipinski definition) is 6. The third kappa shape index (κ3) is 13.0. The van der Waals surface area contributed by atoms with Crippen molar-refractivity contribution in [3.63, 3.8) is 0 Å². The van der Waals surface area contributed by atoms with Crippen molar-refractivity contribution in [2.75, 3.05) is 26.2 Å². The summed E-state index contributed by atoms with van der Waals surface area (Å²) in [6.07, 6.45) is 3.15. The van der Waals surface area contributed by atoms with Gasteiger partial charge >= 0.3 is 18.2 Å². The Balaban J connectivity index is 0.000000340. The Morgan fingerprint density at radius 1 is 0.735 bits per heavy atom. The normalized spacial score (nSPS) is 18.0. The van der Waals surface area contributed by atoms with E-state index in [1.54, 1.807) is 9.80 Å². The number of rotatable bonds is 4. The van der Waals surface area contributed by atoms with Crippen molar-refractivity contribution in [1.82, 2.24) is 9.80 Å². The number of halogens is 1. The van der Waals surface area contributed by atoms with Gasteiger partial charge in [-0.15, -0.1) is 0 Å². The fourth-order valence-electron chi connectivity index (χ4n) is 3.77. The molecule has 0 saturated carbocycles. The number of carboxylic acids is 1. The van der Waals surface area contributed by atoms with E-state index in [0.29, 0.717) is 38.5 Å². The van der Waals surface area contributed by atoms with Gasteiger partial charge < -0.3 is 24.4 Å². The first-order valence-electron chi connectivity index (χ1n) is 11.9. The van der Waals surface area contributed by atoms with Gasteiger partial charge in [0.15, 0.2) is 0 Å². The van der Waals surface area contributed by atoms with Crippen molar-refractivity contribution in [1.29, 1.82) is 0 Å². The van der Waals surface area contributed by atoms with E-state index in [1.165, 1.54) is 0 Å². The topological polar surface area (TPSA) is 113 Å². The van der Waals surface area contributed by atoms with E-state index in [1.807, 2.05) is 41.5 Å². The third-order valence-electron chi connectivity index (χ3n) is 5.44. The van der Waals surface area contributed by atoms with Crippen molar-refractivity contribution in [2.24, 2.45) is 11.8 Å². The summed E-state index contributed by atoms with van der Waals surface area (Å²) in [4.78, 5) is 48.2. The molecule has 0 atom stereocenters. The molecular weight excluding hydrogens is 464 g/mol. The van der Waals surface area contributed by atoms with Gasteiger partial charge in [-0.3, -0.25) is 9.59 Å². The smallest absolute Gasteiger partial charge is 0.410 e. The van der Waals surface area contributed by atoms with E-state index in [-0.39, 0.29) is 29.8 Å². The van der Waals surface area contributed by atoms with Gasteiger partial charge in [0, 0.05) is 39.0 Å². The van der Waals surface area contributed by atoms with Crippen LogP contribution in [0.15, 0.2) is 0 Å². The number of amides is 2. The minimum Gasteiger partial charge on any atom is -0.481 e. The molecule has 0 aromatic heterocycles. The lowest BCUT2D eigenvalue weighted by Crippen LogP contribution is -2.42. The highest BCUT2D eigenvalue weighted by Crippen LogP contribution is 2.23. The molecule has 0 spiro atoms. The molecule has 0 bridgehead atoms. The number of nitrogens with zero attached hydrogens (tertiary/aromatic N) is 2. The van der Waals surface area contributed by atoms with E-state index in [9.17, 15) is 19.2 Å². The zero-order valence-electron chi connectivity index (χ0n) is 21.4. The molecule has 2 rings (SSSR count). The van der Waals surface area contributed by atoms with Crippen LogP contribution in [0.3, 0.4) is 0 Å². The minimum absolute atomic E-state index is 0.186. The van der Waals surface area contributed by atoms with Crippen molar-refractivity contribution in [3.8, 4) is 0 Å². The Bertz CT molecular complexity index is 639. The van der Waals surface area contributed by atoms with Gasteiger partial charge in [0.25, 0.3) is 0 Å². The number of hydrogen-bond donors (Lipinski definition) is 1. The van der Waals surface area contributed by atoms with Crippen LogP contribution in [0.4, 0.5) is 9.59 Å². The second-order valence-corrected chi connectivity index (χ2v) is 11.4. The molecule has 9 nitrogen and oxygen atoms in total. The third-order valence-corrected chi connectivity index (χ3v) is 5.60. The average Bonchev–Trinajstić information content (AvgIpc) is 2.66. The molecule has 2 aliphatic rings. The quantitative estimate of drug-likeness (QED) is 0.541. The summed E-state index contributed by atoms with van der Waals surface area (Å²) >= 11 is 5.35. The first-order valence-corrected chi connectivity index (χ1v) is 12.3. The lowest BCUT2D eigenvalue weighted by molar-refractivity contribution is -0.138. The Kier molecular flexibility index (Phi) is 11.6. The molecule has 0 aromatic rings. The lowest BCUT2D eigenvalue weighted by Gasteiger charge is -2.33. The van der Waals surface area contributed by atoms with Gasteiger partial charge in [-0.05, 0) is 90.7 Å². The predicted molar refractivity (Wildman–Crippen MR) is 129 cm³/mol. The van der Waals surface area contributed by atoms with Crippen LogP contribution in [0.1, 0.15) is 80.1 Å². The van der Waals surface area contributed by atoms with E-state index in [0.717, 1.165) is 25.7 Å². The van der Waals surface area contributed by atoms with Crippen molar-refractivity contribution >= 4 is 35.0 Å². The van der Waals surface area contributed by atoms with Gasteiger partial charge in [-0.1, -0.05) is 0 Å². The largest absolute Gasteiger partial charge is 0.481 e. The van der Waals surface area contributed by atoms with Crippen molar-refractivity contribution in [2.45, 2.75) is 91.3 Å². The standard InChI is InChI=1S/C12H20ClNO3.C12H21NO4/c1-12(2,3)17-11(16)14-6-4-9(5-7-14)8-10(13)15;1-12(2,3)17-11(16)13-6-4-9(5-7-13)8-10(14)15/h9H,4-8H2,1-3H3;9H,4-8H2,1-3H3,(H,14,15). The number of piperidine rings is 2. The van der Waals surface area contributed by atoms with Crippen LogP contribution in [0.25, 0.3) is 0 Å². The molecular formula is C24H41ClN2O7. The monoisotopic (exact) mass is 504 g/mol. The number of ether oxygens (including phenoxy) is 2. The molecule has 0 radical (unpaired) electrons. The molecule has 10 heteroatoms. The van der Waals surface area contributed by atoms with Gasteiger partial charge in [-0.25, -0.2) is 9.59 Å². The zero-order valence-corrected chi connectivity index (χ0v) is 22.2. The second-order valence-electron chi connectivity index (χ2n) is 11.0. The van der Waals surface area contributed by atoms with E-state index < -0.39 is 17.2 Å². The number of carboxylic acid groups (broad SMARTS) is 1. The minimum atomic E-state index is -0.763. The zero-order chi connectivity index (χ0) is 26.1. The van der Waals surface area contributed by atoms with Gasteiger partial charge in [-0.2, -0.15) is 0 Å². The molecule has 2 saturated heterocycles. The van der Waals surface area contributed by atoms with Crippen LogP contribution >= 0.6 is 11.6 Å². The highest BCUT2D eigenvalue weighted by atomic mass is 35.5. The SMILES string of the molecule is CC(C)(C)OC(=O)N1CCC(CC(=O)Cl)CC1.CC(C)(C)OC(=O)N1CCC(CC(=O)O)CC1. The summed E-state index contributed by atoms with van der Waals surface area (Å²) in [7, 11) is 0. The number of carbonyl (C=O) groups excluding carboxylic acids is 3. The maximum absolute atomic E-state index is 11.8. The van der Waals surface area contributed by atoms with E-state index in [2.05, 4.69) is 0 Å². The molecule has 0 unspecified atom stereocenters. The Hall–Kier alpha value is -2.03. The van der Waals surface area contributed by atoms with Crippen LogP contribution in [-0.4, -0.2) is 75.7 Å². The first-order chi connectivity index (χ1) is 15.6. The number of carbonyl (C=O) groups is 4. The summed E-state index contributed by atoms with van der Waals surface area (Å²) in [5.74, 6) is -0.273. The van der Waals surface area contributed by atoms with E-state index >= 15 is 0 Å². The number of aliphatic carboxylic acids is 1. The van der Waals surface area contributed by atoms with Crippen molar-refractivity contribution in [3.05, 3.63) is 0 Å². The summed E-state index contributed by atoms with van der Waals surface area (Å²) in [6, 6.07) is 0. The molecule has 0 aliphatic carbocycles. The second kappa shape index (κ2) is 13.2.